The maximum absolute atomic E-state index is 13.3. The number of anilines is 2. The highest BCUT2D eigenvalue weighted by Gasteiger charge is 2.34. The molecular weight excluding hydrogens is 470 g/mol. The van der Waals surface area contributed by atoms with Gasteiger partial charge < -0.3 is 20.1 Å². The minimum absolute atomic E-state index is 0.133. The quantitative estimate of drug-likeness (QED) is 0.661. The van der Waals surface area contributed by atoms with Crippen LogP contribution in [0, 0.1) is 12.8 Å². The molecule has 1 saturated heterocycles. The third kappa shape index (κ3) is 4.78. The maximum atomic E-state index is 13.3. The fourth-order valence-electron chi connectivity index (χ4n) is 3.98. The molecule has 2 amide bonds. The number of aryl methyl sites for hydroxylation is 1. The van der Waals surface area contributed by atoms with Crippen LogP contribution in [0.3, 0.4) is 0 Å². The van der Waals surface area contributed by atoms with Gasteiger partial charge in [0, 0.05) is 30.8 Å². The predicted octanol–water partition coefficient (Wildman–Crippen LogP) is 3.03. The average molecular weight is 494 g/mol. The summed E-state index contributed by atoms with van der Waals surface area (Å²) in [6, 6.07) is 8.03. The molecule has 2 aliphatic heterocycles. The molecule has 11 heteroatoms. The van der Waals surface area contributed by atoms with Crippen molar-refractivity contribution in [2.24, 2.45) is 5.92 Å². The first kappa shape index (κ1) is 23.3. The topological polar surface area (TPSA) is 114 Å². The Kier molecular flexibility index (Phi) is 6.51. The summed E-state index contributed by atoms with van der Waals surface area (Å²) in [4.78, 5) is 24.3. The van der Waals surface area contributed by atoms with Crippen LogP contribution in [0.2, 0.25) is 5.02 Å². The molecule has 0 saturated carbocycles. The first-order valence-electron chi connectivity index (χ1n) is 10.4. The van der Waals surface area contributed by atoms with Gasteiger partial charge >= 0.3 is 0 Å². The van der Waals surface area contributed by atoms with Gasteiger partial charge in [-0.05, 0) is 49.6 Å². The van der Waals surface area contributed by atoms with E-state index in [0.717, 1.165) is 0 Å². The Balaban J connectivity index is 1.42. The number of sulfonamides is 1. The number of carbonyl (C=O) groups is 2. The zero-order valence-corrected chi connectivity index (χ0v) is 19.8. The Bertz CT molecular complexity index is 1210. The monoisotopic (exact) mass is 493 g/mol. The third-order valence-electron chi connectivity index (χ3n) is 5.77. The van der Waals surface area contributed by atoms with Crippen LogP contribution in [-0.2, 0) is 19.6 Å². The molecule has 0 radical (unpaired) electrons. The second kappa shape index (κ2) is 9.20. The Morgan fingerprint density at radius 3 is 2.64 bits per heavy atom. The summed E-state index contributed by atoms with van der Waals surface area (Å²) in [7, 11) is -2.27. The zero-order chi connectivity index (χ0) is 23.8. The fraction of sp³-hybridized carbons (Fsp3) is 0.364. The van der Waals surface area contributed by atoms with E-state index in [-0.39, 0.29) is 42.3 Å². The third-order valence-corrected chi connectivity index (χ3v) is 8.11. The average Bonchev–Trinajstić information content (AvgIpc) is 2.78. The van der Waals surface area contributed by atoms with Gasteiger partial charge in [-0.1, -0.05) is 11.6 Å². The fourth-order valence-corrected chi connectivity index (χ4v) is 5.93. The number of carbonyl (C=O) groups excluding carboxylic acids is 2. The van der Waals surface area contributed by atoms with Crippen LogP contribution in [0.1, 0.15) is 18.4 Å². The SMILES string of the molecule is COc1ccc(NC(=O)C2CCN(S(=O)(=O)c3cc4c(cc3C)NC(=O)CO4)CC2)cc1Cl. The summed E-state index contributed by atoms with van der Waals surface area (Å²) >= 11 is 6.11. The van der Waals surface area contributed by atoms with Crippen molar-refractivity contribution in [1.29, 1.82) is 0 Å². The number of nitrogens with zero attached hydrogens (tertiary/aromatic N) is 1. The molecule has 2 N–H and O–H groups in total. The van der Waals surface area contributed by atoms with Gasteiger partial charge in [0.25, 0.3) is 5.91 Å². The summed E-state index contributed by atoms with van der Waals surface area (Å²) in [5.74, 6) is 0.0577. The number of piperidine rings is 1. The van der Waals surface area contributed by atoms with Crippen LogP contribution in [0.15, 0.2) is 35.2 Å². The molecule has 33 heavy (non-hydrogen) atoms. The van der Waals surface area contributed by atoms with Crippen LogP contribution in [0.5, 0.6) is 11.5 Å². The number of hydrogen-bond donors (Lipinski definition) is 2. The molecule has 2 aliphatic rings. The number of amides is 2. The molecule has 2 heterocycles. The minimum atomic E-state index is -3.78. The van der Waals surface area contributed by atoms with Crippen molar-refractivity contribution in [1.82, 2.24) is 4.31 Å². The first-order chi connectivity index (χ1) is 15.7. The van der Waals surface area contributed by atoms with Gasteiger partial charge in [0.1, 0.15) is 11.5 Å². The number of fused-ring (bicyclic) bond motifs is 1. The lowest BCUT2D eigenvalue weighted by Crippen LogP contribution is -2.41. The molecule has 0 aliphatic carbocycles. The van der Waals surface area contributed by atoms with Crippen LogP contribution in [0.25, 0.3) is 0 Å². The van der Waals surface area contributed by atoms with E-state index in [9.17, 15) is 18.0 Å². The lowest BCUT2D eigenvalue weighted by atomic mass is 9.97. The van der Waals surface area contributed by atoms with Crippen LogP contribution < -0.4 is 20.1 Å². The standard InChI is InChI=1S/C22H24ClN3O6S/c1-13-9-17-19(32-12-21(27)25-17)11-20(13)33(29,30)26-7-5-14(6-8-26)22(28)24-15-3-4-18(31-2)16(23)10-15/h3-4,9-11,14H,5-8,12H2,1-2H3,(H,24,28)(H,25,27). The van der Waals surface area contributed by atoms with Crippen LogP contribution in [-0.4, -0.2) is 51.3 Å². The molecule has 4 rings (SSSR count). The highest BCUT2D eigenvalue weighted by Crippen LogP contribution is 2.35. The van der Waals surface area contributed by atoms with Gasteiger partial charge in [0.05, 0.1) is 22.7 Å². The highest BCUT2D eigenvalue weighted by atomic mass is 35.5. The van der Waals surface area contributed by atoms with Gasteiger partial charge in [-0.3, -0.25) is 9.59 Å². The molecule has 0 bridgehead atoms. The van der Waals surface area contributed by atoms with Gasteiger partial charge in [-0.15, -0.1) is 0 Å². The van der Waals surface area contributed by atoms with E-state index in [0.29, 0.717) is 46.3 Å². The Morgan fingerprint density at radius 2 is 1.97 bits per heavy atom. The Labute approximate surface area is 197 Å². The summed E-state index contributed by atoms with van der Waals surface area (Å²) in [6.45, 7) is 1.96. The lowest BCUT2D eigenvalue weighted by molar-refractivity contribution is -0.121. The van der Waals surface area contributed by atoms with Crippen LogP contribution >= 0.6 is 11.6 Å². The second-order valence-corrected chi connectivity index (χ2v) is 10.3. The van der Waals surface area contributed by atoms with Crippen molar-refractivity contribution >= 4 is 44.8 Å². The number of hydrogen-bond acceptors (Lipinski definition) is 6. The molecule has 0 atom stereocenters. The van der Waals surface area contributed by atoms with Gasteiger partial charge in [0.2, 0.25) is 15.9 Å². The summed E-state index contributed by atoms with van der Waals surface area (Å²) in [5.41, 5.74) is 1.52. The zero-order valence-electron chi connectivity index (χ0n) is 18.2. The number of halogens is 1. The maximum Gasteiger partial charge on any atom is 0.262 e. The summed E-state index contributed by atoms with van der Waals surface area (Å²) in [5, 5.41) is 5.90. The van der Waals surface area contributed by atoms with E-state index in [2.05, 4.69) is 10.6 Å². The number of methoxy groups -OCH3 is 1. The molecule has 0 unspecified atom stereocenters. The molecule has 9 nitrogen and oxygen atoms in total. The number of rotatable bonds is 5. The Morgan fingerprint density at radius 1 is 1.24 bits per heavy atom. The molecule has 1 fully saturated rings. The molecule has 0 spiro atoms. The van der Waals surface area contributed by atoms with E-state index in [4.69, 9.17) is 21.1 Å². The van der Waals surface area contributed by atoms with Crippen molar-refractivity contribution in [3.63, 3.8) is 0 Å². The smallest absolute Gasteiger partial charge is 0.262 e. The van der Waals surface area contributed by atoms with Crippen molar-refractivity contribution < 1.29 is 27.5 Å². The van der Waals surface area contributed by atoms with E-state index < -0.39 is 10.0 Å². The molecule has 176 valence electrons. The minimum Gasteiger partial charge on any atom is -0.495 e. The molecular formula is C22H24ClN3O6S. The van der Waals surface area contributed by atoms with Crippen molar-refractivity contribution in [3.05, 3.63) is 40.9 Å². The second-order valence-electron chi connectivity index (χ2n) is 7.97. The predicted molar refractivity (Wildman–Crippen MR) is 123 cm³/mol. The van der Waals surface area contributed by atoms with Crippen molar-refractivity contribution in [2.75, 3.05) is 37.4 Å². The number of nitrogens with one attached hydrogen (secondary N) is 2. The molecule has 0 aromatic heterocycles. The van der Waals surface area contributed by atoms with E-state index in [1.54, 1.807) is 31.2 Å². The van der Waals surface area contributed by atoms with E-state index in [1.165, 1.54) is 17.5 Å². The number of benzene rings is 2. The van der Waals surface area contributed by atoms with Gasteiger partial charge in [-0.2, -0.15) is 4.31 Å². The number of ether oxygens (including phenoxy) is 2. The van der Waals surface area contributed by atoms with Crippen LogP contribution in [0.4, 0.5) is 11.4 Å². The van der Waals surface area contributed by atoms with Crippen molar-refractivity contribution in [2.45, 2.75) is 24.7 Å². The van der Waals surface area contributed by atoms with Gasteiger partial charge in [-0.25, -0.2) is 8.42 Å². The van der Waals surface area contributed by atoms with E-state index >= 15 is 0 Å². The molecule has 2 aromatic carbocycles. The first-order valence-corrected chi connectivity index (χ1v) is 12.2. The van der Waals surface area contributed by atoms with Crippen molar-refractivity contribution in [3.8, 4) is 11.5 Å². The lowest BCUT2D eigenvalue weighted by Gasteiger charge is -2.31. The van der Waals surface area contributed by atoms with Gasteiger partial charge in [0.15, 0.2) is 6.61 Å². The van der Waals surface area contributed by atoms with E-state index in [1.807, 2.05) is 0 Å². The summed E-state index contributed by atoms with van der Waals surface area (Å²) < 4.78 is 38.4. The largest absolute Gasteiger partial charge is 0.495 e. The highest BCUT2D eigenvalue weighted by molar-refractivity contribution is 7.89. The summed E-state index contributed by atoms with van der Waals surface area (Å²) in [6.07, 6.45) is 0.789. The Hall–Kier alpha value is -2.82. The molecule has 2 aromatic rings. The normalized spacial score (nSPS) is 17.0.